The lowest BCUT2D eigenvalue weighted by molar-refractivity contribution is 0.996. The first-order valence-corrected chi connectivity index (χ1v) is 5.63. The van der Waals surface area contributed by atoms with Crippen molar-refractivity contribution in [1.29, 1.82) is 0 Å². The summed E-state index contributed by atoms with van der Waals surface area (Å²) in [5.41, 5.74) is 4.09. The molecule has 0 amide bonds. The van der Waals surface area contributed by atoms with E-state index in [1.165, 1.54) is 23.1 Å². The van der Waals surface area contributed by atoms with Crippen molar-refractivity contribution < 1.29 is 0 Å². The molecule has 0 fully saturated rings. The molecule has 0 bridgehead atoms. The summed E-state index contributed by atoms with van der Waals surface area (Å²) in [4.78, 5) is 0. The summed E-state index contributed by atoms with van der Waals surface area (Å²) in [6.07, 6.45) is 17.6. The van der Waals surface area contributed by atoms with E-state index in [0.29, 0.717) is 0 Å². The van der Waals surface area contributed by atoms with Crippen molar-refractivity contribution in [1.82, 2.24) is 0 Å². The monoisotopic (exact) mass is 200 g/mol. The van der Waals surface area contributed by atoms with Crippen molar-refractivity contribution in [2.45, 2.75) is 33.6 Å². The Morgan fingerprint density at radius 3 is 2.47 bits per heavy atom. The zero-order chi connectivity index (χ0) is 11.1. The van der Waals surface area contributed by atoms with E-state index in [9.17, 15) is 0 Å². The van der Waals surface area contributed by atoms with Gasteiger partial charge >= 0.3 is 0 Å². The highest BCUT2D eigenvalue weighted by Gasteiger charge is 2.06. The zero-order valence-corrected chi connectivity index (χ0v) is 9.96. The van der Waals surface area contributed by atoms with E-state index < -0.39 is 0 Å². The second-order valence-electron chi connectivity index (χ2n) is 3.73. The van der Waals surface area contributed by atoms with Gasteiger partial charge in [-0.05, 0) is 50.3 Å². The van der Waals surface area contributed by atoms with E-state index >= 15 is 0 Å². The summed E-state index contributed by atoms with van der Waals surface area (Å²) in [6.45, 7) is 6.30. The van der Waals surface area contributed by atoms with Crippen LogP contribution in [-0.2, 0) is 0 Å². The van der Waals surface area contributed by atoms with E-state index in [2.05, 4.69) is 56.4 Å². The van der Waals surface area contributed by atoms with Crippen molar-refractivity contribution in [3.05, 3.63) is 59.3 Å². The Balaban J connectivity index is 2.99. The molecule has 0 heterocycles. The number of allylic oxidation sites excluding steroid dienone is 10. The van der Waals surface area contributed by atoms with Gasteiger partial charge in [0.05, 0.1) is 0 Å². The van der Waals surface area contributed by atoms with Gasteiger partial charge in [0.1, 0.15) is 0 Å². The van der Waals surface area contributed by atoms with Crippen molar-refractivity contribution in [2.24, 2.45) is 0 Å². The molecule has 0 aliphatic heterocycles. The molecule has 0 unspecified atom stereocenters. The van der Waals surface area contributed by atoms with Gasteiger partial charge in [-0.1, -0.05) is 42.5 Å². The van der Waals surface area contributed by atoms with Crippen LogP contribution in [0, 0.1) is 0 Å². The largest absolute Gasteiger partial charge is 0.0876 e. The first-order chi connectivity index (χ1) is 7.29. The molecular formula is C15H20. The van der Waals surface area contributed by atoms with Gasteiger partial charge in [0, 0.05) is 0 Å². The first kappa shape index (κ1) is 11.8. The van der Waals surface area contributed by atoms with Crippen LogP contribution in [0.2, 0.25) is 0 Å². The quantitative estimate of drug-likeness (QED) is 0.578. The molecule has 0 saturated carbocycles. The third kappa shape index (κ3) is 3.39. The van der Waals surface area contributed by atoms with E-state index in [-0.39, 0.29) is 0 Å². The Morgan fingerprint density at radius 2 is 1.87 bits per heavy atom. The van der Waals surface area contributed by atoms with Crippen LogP contribution in [0.3, 0.4) is 0 Å². The van der Waals surface area contributed by atoms with Crippen LogP contribution in [0.1, 0.15) is 33.6 Å². The molecule has 80 valence electrons. The number of rotatable bonds is 3. The fraction of sp³-hybridized carbons (Fsp3) is 0.333. The molecule has 0 heteroatoms. The normalized spacial score (nSPS) is 18.5. The molecule has 0 spiro atoms. The van der Waals surface area contributed by atoms with Crippen LogP contribution in [0.15, 0.2) is 59.3 Å². The van der Waals surface area contributed by atoms with Crippen LogP contribution >= 0.6 is 0 Å². The van der Waals surface area contributed by atoms with Crippen LogP contribution < -0.4 is 0 Å². The maximum Gasteiger partial charge on any atom is -0.0188 e. The zero-order valence-electron chi connectivity index (χ0n) is 9.96. The number of hydrogen-bond donors (Lipinski definition) is 0. The van der Waals surface area contributed by atoms with Gasteiger partial charge < -0.3 is 0 Å². The van der Waals surface area contributed by atoms with Gasteiger partial charge in [-0.25, -0.2) is 0 Å². The van der Waals surface area contributed by atoms with Crippen LogP contribution in [0.25, 0.3) is 0 Å². The smallest absolute Gasteiger partial charge is 0.0188 e. The molecular weight excluding hydrogens is 180 g/mol. The van der Waals surface area contributed by atoms with Crippen molar-refractivity contribution in [3.8, 4) is 0 Å². The van der Waals surface area contributed by atoms with Gasteiger partial charge in [0.15, 0.2) is 0 Å². The highest BCUT2D eigenvalue weighted by molar-refractivity contribution is 5.53. The maximum atomic E-state index is 2.34. The summed E-state index contributed by atoms with van der Waals surface area (Å²) in [5.74, 6) is 0. The average molecular weight is 200 g/mol. The Morgan fingerprint density at radius 1 is 1.13 bits per heavy atom. The second kappa shape index (κ2) is 6.23. The van der Waals surface area contributed by atoms with E-state index in [1.54, 1.807) is 0 Å². The molecule has 0 radical (unpaired) electrons. The lowest BCUT2D eigenvalue weighted by atomic mass is 9.92. The minimum atomic E-state index is 1.16. The summed E-state index contributed by atoms with van der Waals surface area (Å²) in [7, 11) is 0. The summed E-state index contributed by atoms with van der Waals surface area (Å²) >= 11 is 0. The maximum absolute atomic E-state index is 2.34. The predicted octanol–water partition coefficient (Wildman–Crippen LogP) is 4.73. The molecule has 0 aromatic heterocycles. The van der Waals surface area contributed by atoms with Crippen LogP contribution in [0.4, 0.5) is 0 Å². The SMILES string of the molecule is C\C=C/C(=C\C=C\C)C1=CCCC=C1C. The fourth-order valence-electron chi connectivity index (χ4n) is 1.76. The Labute approximate surface area is 93.4 Å². The Bertz CT molecular complexity index is 346. The lowest BCUT2D eigenvalue weighted by Gasteiger charge is -2.13. The first-order valence-electron chi connectivity index (χ1n) is 5.63. The van der Waals surface area contributed by atoms with Crippen LogP contribution in [0.5, 0.6) is 0 Å². The minimum Gasteiger partial charge on any atom is -0.0876 e. The minimum absolute atomic E-state index is 1.16. The number of hydrogen-bond acceptors (Lipinski definition) is 0. The molecule has 1 rings (SSSR count). The van der Waals surface area contributed by atoms with Gasteiger partial charge in [0.25, 0.3) is 0 Å². The molecule has 0 N–H and O–H groups in total. The molecule has 0 nitrogen and oxygen atoms in total. The summed E-state index contributed by atoms with van der Waals surface area (Å²) in [5, 5.41) is 0. The van der Waals surface area contributed by atoms with Gasteiger partial charge in [-0.3, -0.25) is 0 Å². The van der Waals surface area contributed by atoms with Gasteiger partial charge in [-0.15, -0.1) is 0 Å². The highest BCUT2D eigenvalue weighted by atomic mass is 14.1. The van der Waals surface area contributed by atoms with Gasteiger partial charge in [0.2, 0.25) is 0 Å². The molecule has 0 aromatic rings. The van der Waals surface area contributed by atoms with E-state index in [4.69, 9.17) is 0 Å². The molecule has 0 atom stereocenters. The third-order valence-corrected chi connectivity index (χ3v) is 2.52. The Hall–Kier alpha value is -1.30. The highest BCUT2D eigenvalue weighted by Crippen LogP contribution is 2.25. The van der Waals surface area contributed by atoms with Crippen molar-refractivity contribution in [3.63, 3.8) is 0 Å². The van der Waals surface area contributed by atoms with E-state index in [1.807, 2.05) is 6.92 Å². The third-order valence-electron chi connectivity index (χ3n) is 2.52. The average Bonchev–Trinajstić information content (AvgIpc) is 2.25. The molecule has 0 saturated heterocycles. The predicted molar refractivity (Wildman–Crippen MR) is 68.8 cm³/mol. The second-order valence-corrected chi connectivity index (χ2v) is 3.73. The van der Waals surface area contributed by atoms with Gasteiger partial charge in [-0.2, -0.15) is 0 Å². The lowest BCUT2D eigenvalue weighted by Crippen LogP contribution is -1.94. The van der Waals surface area contributed by atoms with Crippen molar-refractivity contribution >= 4 is 0 Å². The summed E-state index contributed by atoms with van der Waals surface area (Å²) in [6, 6.07) is 0. The van der Waals surface area contributed by atoms with Crippen molar-refractivity contribution in [2.75, 3.05) is 0 Å². The molecule has 0 aromatic carbocycles. The fourth-order valence-corrected chi connectivity index (χ4v) is 1.76. The topological polar surface area (TPSA) is 0 Å². The molecule has 15 heavy (non-hydrogen) atoms. The Kier molecular flexibility index (Phi) is 4.89. The molecule has 1 aliphatic carbocycles. The molecule has 1 aliphatic rings. The standard InChI is InChI=1S/C15H20/c1-4-6-11-14(9-5-2)15-12-8-7-10-13(15)3/h4-6,9-12H,7-8H2,1-3H3/b6-4+,9-5-,14-11+. The van der Waals surface area contributed by atoms with Crippen LogP contribution in [-0.4, -0.2) is 0 Å². The summed E-state index contributed by atoms with van der Waals surface area (Å²) < 4.78 is 0. The van der Waals surface area contributed by atoms with E-state index in [0.717, 1.165) is 6.42 Å².